The molecule has 1 aromatic carbocycles. The number of alkyl halides is 1. The van der Waals surface area contributed by atoms with Crippen LogP contribution in [0, 0.1) is 11.2 Å². The van der Waals surface area contributed by atoms with Crippen molar-refractivity contribution in [2.75, 3.05) is 0 Å². The van der Waals surface area contributed by atoms with Crippen LogP contribution in [0.4, 0.5) is 4.39 Å². The number of ether oxygens (including phenoxy) is 1. The summed E-state index contributed by atoms with van der Waals surface area (Å²) in [6, 6.07) is 4.63. The van der Waals surface area contributed by atoms with E-state index in [-0.39, 0.29) is 22.6 Å². The van der Waals surface area contributed by atoms with E-state index in [1.165, 1.54) is 25.3 Å². The predicted octanol–water partition coefficient (Wildman–Crippen LogP) is 5.19. The zero-order chi connectivity index (χ0) is 13.5. The van der Waals surface area contributed by atoms with Gasteiger partial charge in [-0.1, -0.05) is 36.9 Å². The topological polar surface area (TPSA) is 9.23 Å². The second kappa shape index (κ2) is 5.14. The smallest absolute Gasteiger partial charge is 0.173 e. The molecule has 0 N–H and O–H groups in total. The van der Waals surface area contributed by atoms with E-state index in [2.05, 4.69) is 0 Å². The van der Waals surface area contributed by atoms with Crippen LogP contribution in [0.25, 0.3) is 0 Å². The fourth-order valence-electron chi connectivity index (χ4n) is 3.45. The van der Waals surface area contributed by atoms with Crippen molar-refractivity contribution in [1.82, 2.24) is 0 Å². The average molecular weight is 303 g/mol. The van der Waals surface area contributed by atoms with Crippen LogP contribution >= 0.6 is 23.2 Å². The Kier molecular flexibility index (Phi) is 3.65. The minimum Gasteiger partial charge on any atom is -0.485 e. The number of hydrogen-bond donors (Lipinski definition) is 0. The van der Waals surface area contributed by atoms with Crippen molar-refractivity contribution in [2.45, 2.75) is 50.0 Å². The summed E-state index contributed by atoms with van der Waals surface area (Å²) in [4.78, 5) is 0. The zero-order valence-corrected chi connectivity index (χ0v) is 12.2. The highest BCUT2D eigenvalue weighted by Crippen LogP contribution is 2.56. The lowest BCUT2D eigenvalue weighted by Gasteiger charge is -2.55. The molecule has 2 aliphatic rings. The van der Waals surface area contributed by atoms with Crippen LogP contribution in [0.3, 0.4) is 0 Å². The molecule has 0 radical (unpaired) electrons. The van der Waals surface area contributed by atoms with Gasteiger partial charge in [0.25, 0.3) is 0 Å². The van der Waals surface area contributed by atoms with Crippen molar-refractivity contribution < 1.29 is 9.13 Å². The highest BCUT2D eigenvalue weighted by Gasteiger charge is 2.56. The Balaban J connectivity index is 1.80. The molecular weight excluding hydrogens is 286 g/mol. The Morgan fingerprint density at radius 2 is 1.95 bits per heavy atom. The Bertz CT molecular complexity index is 451. The second-order valence-electron chi connectivity index (χ2n) is 5.65. The maximum Gasteiger partial charge on any atom is 0.173 e. The van der Waals surface area contributed by atoms with E-state index in [9.17, 15) is 4.39 Å². The summed E-state index contributed by atoms with van der Waals surface area (Å²) in [5.74, 6) is -0.209. The Morgan fingerprint density at radius 3 is 2.58 bits per heavy atom. The lowest BCUT2D eigenvalue weighted by atomic mass is 9.58. The van der Waals surface area contributed by atoms with E-state index >= 15 is 0 Å². The van der Waals surface area contributed by atoms with Crippen LogP contribution in [0.15, 0.2) is 18.2 Å². The fourth-order valence-corrected chi connectivity index (χ4v) is 4.17. The normalized spacial score (nSPS) is 29.0. The summed E-state index contributed by atoms with van der Waals surface area (Å²) < 4.78 is 19.7. The van der Waals surface area contributed by atoms with Gasteiger partial charge in [-0.3, -0.25) is 0 Å². The first-order valence-corrected chi connectivity index (χ1v) is 7.70. The van der Waals surface area contributed by atoms with Gasteiger partial charge in [-0.25, -0.2) is 4.39 Å². The fraction of sp³-hybridized carbons (Fsp3) is 0.600. The maximum absolute atomic E-state index is 13.8. The van der Waals surface area contributed by atoms with Crippen LogP contribution in [0.2, 0.25) is 5.02 Å². The van der Waals surface area contributed by atoms with Gasteiger partial charge in [-0.15, -0.1) is 11.6 Å². The number of rotatable bonds is 2. The van der Waals surface area contributed by atoms with Crippen molar-refractivity contribution in [3.05, 3.63) is 29.0 Å². The molecule has 19 heavy (non-hydrogen) atoms. The predicted molar refractivity (Wildman–Crippen MR) is 75.6 cm³/mol. The molecule has 0 amide bonds. The van der Waals surface area contributed by atoms with Gasteiger partial charge in [0.05, 0.1) is 5.02 Å². The van der Waals surface area contributed by atoms with E-state index in [0.29, 0.717) is 5.02 Å². The average Bonchev–Trinajstić information content (AvgIpc) is 2.43. The molecule has 2 unspecified atom stereocenters. The second-order valence-corrected chi connectivity index (χ2v) is 6.59. The van der Waals surface area contributed by atoms with E-state index in [1.54, 1.807) is 12.1 Å². The zero-order valence-electron chi connectivity index (χ0n) is 10.7. The molecule has 2 saturated carbocycles. The summed E-state index contributed by atoms with van der Waals surface area (Å²) in [5, 5.41) is 0.493. The molecule has 0 saturated heterocycles. The van der Waals surface area contributed by atoms with Crippen molar-refractivity contribution in [2.24, 2.45) is 5.41 Å². The van der Waals surface area contributed by atoms with Gasteiger partial charge in [0.15, 0.2) is 11.6 Å². The maximum atomic E-state index is 13.8. The molecule has 0 aliphatic heterocycles. The first kappa shape index (κ1) is 13.5. The van der Waals surface area contributed by atoms with Gasteiger partial charge in [-0.05, 0) is 25.0 Å². The summed E-state index contributed by atoms with van der Waals surface area (Å²) >= 11 is 12.4. The molecule has 1 aromatic rings. The molecule has 4 heteroatoms. The lowest BCUT2D eigenvalue weighted by Crippen LogP contribution is -2.58. The molecule has 3 rings (SSSR count). The van der Waals surface area contributed by atoms with Crippen LogP contribution in [-0.2, 0) is 0 Å². The molecule has 1 spiro atoms. The lowest BCUT2D eigenvalue weighted by molar-refractivity contribution is -0.0665. The Hall–Kier alpha value is -0.470. The largest absolute Gasteiger partial charge is 0.485 e. The van der Waals surface area contributed by atoms with Crippen LogP contribution in [0.5, 0.6) is 5.75 Å². The molecule has 0 bridgehead atoms. The minimum atomic E-state index is -0.392. The summed E-state index contributed by atoms with van der Waals surface area (Å²) in [6.07, 6.45) is 6.59. The van der Waals surface area contributed by atoms with Crippen LogP contribution in [-0.4, -0.2) is 11.5 Å². The molecule has 104 valence electrons. The van der Waals surface area contributed by atoms with Crippen molar-refractivity contribution in [1.29, 1.82) is 0 Å². The standard InChI is InChI=1S/C15H17Cl2FO/c16-10-5-4-6-11(18)14(10)19-13-9-12(17)15(13)7-2-1-3-8-15/h4-6,12-13H,1-3,7-9H2. The molecule has 0 aromatic heterocycles. The third kappa shape index (κ3) is 2.23. The molecule has 1 nitrogen and oxygen atoms in total. The van der Waals surface area contributed by atoms with Crippen molar-refractivity contribution >= 4 is 23.2 Å². The Morgan fingerprint density at radius 1 is 1.21 bits per heavy atom. The van der Waals surface area contributed by atoms with E-state index in [4.69, 9.17) is 27.9 Å². The third-order valence-electron chi connectivity index (χ3n) is 4.65. The molecule has 2 aliphatic carbocycles. The van der Waals surface area contributed by atoms with E-state index in [1.807, 2.05) is 0 Å². The van der Waals surface area contributed by atoms with Crippen LogP contribution < -0.4 is 4.74 Å². The van der Waals surface area contributed by atoms with Crippen LogP contribution in [0.1, 0.15) is 38.5 Å². The number of benzene rings is 1. The molecule has 2 fully saturated rings. The third-order valence-corrected chi connectivity index (χ3v) is 5.56. The van der Waals surface area contributed by atoms with E-state index < -0.39 is 5.82 Å². The Labute approximate surface area is 123 Å². The quantitative estimate of drug-likeness (QED) is 0.683. The van der Waals surface area contributed by atoms with Gasteiger partial charge in [0.2, 0.25) is 0 Å². The number of halogens is 3. The van der Waals surface area contributed by atoms with Crippen molar-refractivity contribution in [3.63, 3.8) is 0 Å². The first-order valence-electron chi connectivity index (χ1n) is 6.88. The van der Waals surface area contributed by atoms with Crippen molar-refractivity contribution in [3.8, 4) is 5.75 Å². The molecule has 0 heterocycles. The van der Waals surface area contributed by atoms with Gasteiger partial charge in [0, 0.05) is 17.2 Å². The minimum absolute atomic E-state index is 0.00435. The summed E-state index contributed by atoms with van der Waals surface area (Å²) in [5.41, 5.74) is 0.0332. The van der Waals surface area contributed by atoms with Gasteiger partial charge in [-0.2, -0.15) is 0 Å². The monoisotopic (exact) mass is 302 g/mol. The number of hydrogen-bond acceptors (Lipinski definition) is 1. The first-order chi connectivity index (χ1) is 9.13. The highest BCUT2D eigenvalue weighted by molar-refractivity contribution is 6.32. The van der Waals surface area contributed by atoms with Gasteiger partial charge in [0.1, 0.15) is 6.10 Å². The van der Waals surface area contributed by atoms with Gasteiger partial charge >= 0.3 is 0 Å². The number of para-hydroxylation sites is 1. The SMILES string of the molecule is Fc1cccc(Cl)c1OC1CC(Cl)C12CCCCC2. The van der Waals surface area contributed by atoms with E-state index in [0.717, 1.165) is 19.3 Å². The van der Waals surface area contributed by atoms with Gasteiger partial charge < -0.3 is 4.74 Å². The summed E-state index contributed by atoms with van der Waals surface area (Å²) in [7, 11) is 0. The summed E-state index contributed by atoms with van der Waals surface area (Å²) in [6.45, 7) is 0. The highest BCUT2D eigenvalue weighted by atomic mass is 35.5. The molecule has 2 atom stereocenters. The molecular formula is C15H17Cl2FO.